The van der Waals surface area contributed by atoms with Gasteiger partial charge >= 0.3 is 5.63 Å². The lowest BCUT2D eigenvalue weighted by molar-refractivity contribution is 0.560. The molecule has 0 saturated heterocycles. The van der Waals surface area contributed by atoms with Crippen LogP contribution in [-0.4, -0.2) is 5.11 Å². The van der Waals surface area contributed by atoms with Crippen molar-refractivity contribution in [1.82, 2.24) is 0 Å². The maximum Gasteiger partial charge on any atom is 0.336 e. The van der Waals surface area contributed by atoms with E-state index in [1.165, 1.54) is 6.07 Å². The first-order valence-electron chi connectivity index (χ1n) is 6.89. The van der Waals surface area contributed by atoms with Gasteiger partial charge in [-0.25, -0.2) is 4.79 Å². The minimum Gasteiger partial charge on any atom is -0.423 e. The number of fused-ring (bicyclic) bond motifs is 1. The maximum atomic E-state index is 11.5. The van der Waals surface area contributed by atoms with Crippen molar-refractivity contribution in [2.45, 2.75) is 6.92 Å². The minimum absolute atomic E-state index is 0.359. The Morgan fingerprint density at radius 1 is 1.09 bits per heavy atom. The van der Waals surface area contributed by atoms with Crippen molar-refractivity contribution in [2.75, 3.05) is 10.6 Å². The highest BCUT2D eigenvalue weighted by Gasteiger charge is 2.05. The lowest BCUT2D eigenvalue weighted by atomic mass is 10.1. The van der Waals surface area contributed by atoms with Crippen molar-refractivity contribution in [3.63, 3.8) is 0 Å². The average molecular weight is 389 g/mol. The topological polar surface area (TPSA) is 54.3 Å². The normalized spacial score (nSPS) is 10.5. The highest BCUT2D eigenvalue weighted by molar-refractivity contribution is 9.10. The van der Waals surface area contributed by atoms with Gasteiger partial charge in [-0.15, -0.1) is 0 Å². The molecule has 2 aromatic carbocycles. The van der Waals surface area contributed by atoms with Crippen LogP contribution >= 0.6 is 28.1 Å². The third-order valence-electron chi connectivity index (χ3n) is 3.29. The fourth-order valence-corrected chi connectivity index (χ4v) is 2.90. The number of hydrogen-bond donors (Lipinski definition) is 2. The summed E-state index contributed by atoms with van der Waals surface area (Å²) >= 11 is 8.72. The number of hydrogen-bond acceptors (Lipinski definition) is 3. The number of halogens is 1. The molecule has 0 aliphatic rings. The Bertz CT molecular complexity index is 953. The zero-order valence-corrected chi connectivity index (χ0v) is 14.6. The molecule has 0 unspecified atom stereocenters. The van der Waals surface area contributed by atoms with Gasteiger partial charge in [-0.3, -0.25) is 0 Å². The van der Waals surface area contributed by atoms with Crippen LogP contribution in [0.2, 0.25) is 0 Å². The SMILES string of the molecule is Cc1cc(=O)oc2cc(NC(=S)Nc3cccc(Br)c3)ccc12. The standard InChI is InChI=1S/C17H13BrN2O2S/c1-10-7-16(21)22-15-9-13(5-6-14(10)15)20-17(23)19-12-4-2-3-11(18)8-12/h2-9H,1H3,(H2,19,20,23). The summed E-state index contributed by atoms with van der Waals surface area (Å²) in [4.78, 5) is 11.5. The summed E-state index contributed by atoms with van der Waals surface area (Å²) in [7, 11) is 0. The molecule has 3 rings (SSSR count). The first-order chi connectivity index (χ1) is 11.0. The lowest BCUT2D eigenvalue weighted by Crippen LogP contribution is -2.19. The number of benzene rings is 2. The molecule has 0 aliphatic carbocycles. The molecule has 1 aromatic heterocycles. The molecule has 0 aliphatic heterocycles. The summed E-state index contributed by atoms with van der Waals surface area (Å²) in [6.07, 6.45) is 0. The smallest absolute Gasteiger partial charge is 0.336 e. The molecule has 23 heavy (non-hydrogen) atoms. The van der Waals surface area contributed by atoms with Crippen molar-refractivity contribution in [1.29, 1.82) is 0 Å². The molecule has 0 amide bonds. The Labute approximate surface area is 146 Å². The van der Waals surface area contributed by atoms with Crippen molar-refractivity contribution in [3.8, 4) is 0 Å². The highest BCUT2D eigenvalue weighted by Crippen LogP contribution is 2.21. The molecule has 0 bridgehead atoms. The molecule has 0 saturated carbocycles. The van der Waals surface area contributed by atoms with E-state index < -0.39 is 0 Å². The second kappa shape index (κ2) is 6.52. The first-order valence-corrected chi connectivity index (χ1v) is 8.09. The molecule has 3 aromatic rings. The number of anilines is 2. The fourth-order valence-electron chi connectivity index (χ4n) is 2.26. The lowest BCUT2D eigenvalue weighted by Gasteiger charge is -2.11. The molecule has 6 heteroatoms. The minimum atomic E-state index is -0.359. The van der Waals surface area contributed by atoms with Crippen molar-refractivity contribution in [2.24, 2.45) is 0 Å². The zero-order valence-electron chi connectivity index (χ0n) is 12.2. The summed E-state index contributed by atoms with van der Waals surface area (Å²) in [6, 6.07) is 14.7. The van der Waals surface area contributed by atoms with Crippen molar-refractivity contribution in [3.05, 3.63) is 69.0 Å². The Morgan fingerprint density at radius 2 is 1.83 bits per heavy atom. The van der Waals surface area contributed by atoms with Gasteiger partial charge < -0.3 is 15.1 Å². The fraction of sp³-hybridized carbons (Fsp3) is 0.0588. The van der Waals surface area contributed by atoms with E-state index in [1.54, 1.807) is 6.07 Å². The number of nitrogens with one attached hydrogen (secondary N) is 2. The van der Waals surface area contributed by atoms with Gasteiger partial charge in [-0.2, -0.15) is 0 Å². The largest absolute Gasteiger partial charge is 0.423 e. The van der Waals surface area contributed by atoms with Crippen LogP contribution in [0.5, 0.6) is 0 Å². The quantitative estimate of drug-likeness (QED) is 0.493. The van der Waals surface area contributed by atoms with Gasteiger partial charge in [0.25, 0.3) is 0 Å². The third-order valence-corrected chi connectivity index (χ3v) is 3.99. The van der Waals surface area contributed by atoms with Gasteiger partial charge in [0.1, 0.15) is 5.58 Å². The predicted octanol–water partition coefficient (Wildman–Crippen LogP) is 4.67. The molecule has 116 valence electrons. The zero-order chi connectivity index (χ0) is 16.4. The molecule has 0 radical (unpaired) electrons. The number of rotatable bonds is 2. The van der Waals surface area contributed by atoms with Crippen LogP contribution in [-0.2, 0) is 0 Å². The van der Waals surface area contributed by atoms with Gasteiger partial charge in [0, 0.05) is 33.4 Å². The van der Waals surface area contributed by atoms with Crippen LogP contribution in [0.4, 0.5) is 11.4 Å². The van der Waals surface area contributed by atoms with E-state index in [1.807, 2.05) is 43.3 Å². The first kappa shape index (κ1) is 15.7. The van der Waals surface area contributed by atoms with Gasteiger partial charge in [0.15, 0.2) is 5.11 Å². The van der Waals surface area contributed by atoms with E-state index in [0.29, 0.717) is 10.7 Å². The van der Waals surface area contributed by atoms with E-state index in [-0.39, 0.29) is 5.63 Å². The molecule has 0 spiro atoms. The molecular weight excluding hydrogens is 376 g/mol. The molecule has 0 fully saturated rings. The average Bonchev–Trinajstić information content (AvgIpc) is 2.46. The van der Waals surface area contributed by atoms with Crippen molar-refractivity contribution < 1.29 is 4.42 Å². The Hall–Kier alpha value is -2.18. The van der Waals surface area contributed by atoms with E-state index in [2.05, 4.69) is 26.6 Å². The second-order valence-corrected chi connectivity index (χ2v) is 6.37. The predicted molar refractivity (Wildman–Crippen MR) is 101 cm³/mol. The van der Waals surface area contributed by atoms with Crippen molar-refractivity contribution >= 4 is 55.6 Å². The Balaban J connectivity index is 1.81. The van der Waals surface area contributed by atoms with Crippen LogP contribution in [0.1, 0.15) is 5.56 Å². The van der Waals surface area contributed by atoms with Crippen LogP contribution < -0.4 is 16.3 Å². The Morgan fingerprint density at radius 3 is 2.57 bits per heavy atom. The molecule has 1 heterocycles. The number of thiocarbonyl (C=S) groups is 1. The van der Waals surface area contributed by atoms with Gasteiger partial charge in [0.05, 0.1) is 0 Å². The van der Waals surface area contributed by atoms with E-state index in [0.717, 1.165) is 26.8 Å². The van der Waals surface area contributed by atoms with Crippen LogP contribution in [0, 0.1) is 6.92 Å². The summed E-state index contributed by atoms with van der Waals surface area (Å²) < 4.78 is 6.20. The van der Waals surface area contributed by atoms with E-state index in [4.69, 9.17) is 16.6 Å². The van der Waals surface area contributed by atoms with Gasteiger partial charge in [0.2, 0.25) is 0 Å². The van der Waals surface area contributed by atoms with E-state index >= 15 is 0 Å². The molecule has 4 nitrogen and oxygen atoms in total. The van der Waals surface area contributed by atoms with Crippen LogP contribution in [0.25, 0.3) is 11.0 Å². The number of aryl methyl sites for hydroxylation is 1. The third kappa shape index (κ3) is 3.78. The monoisotopic (exact) mass is 388 g/mol. The summed E-state index contributed by atoms with van der Waals surface area (Å²) in [5, 5.41) is 7.54. The van der Waals surface area contributed by atoms with E-state index in [9.17, 15) is 4.79 Å². The van der Waals surface area contributed by atoms with Crippen LogP contribution in [0.15, 0.2) is 62.2 Å². The van der Waals surface area contributed by atoms with Gasteiger partial charge in [-0.1, -0.05) is 22.0 Å². The second-order valence-electron chi connectivity index (χ2n) is 5.05. The highest BCUT2D eigenvalue weighted by atomic mass is 79.9. The molecule has 2 N–H and O–H groups in total. The maximum absolute atomic E-state index is 11.5. The van der Waals surface area contributed by atoms with Gasteiger partial charge in [-0.05, 0) is 55.0 Å². The molecular formula is C17H13BrN2O2S. The van der Waals surface area contributed by atoms with Crippen LogP contribution in [0.3, 0.4) is 0 Å². The Kier molecular flexibility index (Phi) is 4.45. The molecule has 0 atom stereocenters. The summed E-state index contributed by atoms with van der Waals surface area (Å²) in [5.41, 5.74) is 2.68. The summed E-state index contributed by atoms with van der Waals surface area (Å²) in [5.74, 6) is 0. The summed E-state index contributed by atoms with van der Waals surface area (Å²) in [6.45, 7) is 1.88.